The van der Waals surface area contributed by atoms with E-state index in [-0.39, 0.29) is 30.5 Å². The number of nitriles is 1. The van der Waals surface area contributed by atoms with Crippen molar-refractivity contribution in [1.29, 1.82) is 5.26 Å². The van der Waals surface area contributed by atoms with Gasteiger partial charge in [0.2, 0.25) is 5.91 Å². The van der Waals surface area contributed by atoms with Gasteiger partial charge < -0.3 is 9.47 Å². The highest BCUT2D eigenvalue weighted by Gasteiger charge is 2.31. The highest BCUT2D eigenvalue weighted by molar-refractivity contribution is 5.79. The fourth-order valence-corrected chi connectivity index (χ4v) is 2.86. The van der Waals surface area contributed by atoms with Gasteiger partial charge >= 0.3 is 0 Å². The van der Waals surface area contributed by atoms with Gasteiger partial charge in [-0.25, -0.2) is 13.8 Å². The van der Waals surface area contributed by atoms with Crippen molar-refractivity contribution in [1.82, 2.24) is 14.5 Å². The molecule has 1 unspecified atom stereocenters. The monoisotopic (exact) mass is 328 g/mol. The average molecular weight is 328 g/mol. The summed E-state index contributed by atoms with van der Waals surface area (Å²) in [5.41, 5.74) is 0.996. The maximum absolute atomic E-state index is 13.7. The van der Waals surface area contributed by atoms with E-state index < -0.39 is 11.6 Å². The van der Waals surface area contributed by atoms with Crippen LogP contribution in [0.2, 0.25) is 0 Å². The number of carbonyl (C=O) groups excluding carboxylic acids is 1. The standard InChI is InChI=1S/C17H14F2N4O/c1-2-11-3-12(4-15(18)17(11)19)13-5-16(24)22(8-13)10-23-9-21-7-14(23)6-20/h2-4,7,9,13H,1,5,8,10H2. The lowest BCUT2D eigenvalue weighted by Crippen LogP contribution is -2.28. The number of carbonyl (C=O) groups is 1. The Morgan fingerprint density at radius 1 is 1.46 bits per heavy atom. The van der Waals surface area contributed by atoms with Crippen LogP contribution in [0.25, 0.3) is 6.08 Å². The third kappa shape index (κ3) is 2.78. The number of benzene rings is 1. The first kappa shape index (κ1) is 15.9. The van der Waals surface area contributed by atoms with Gasteiger partial charge in [-0.3, -0.25) is 4.79 Å². The van der Waals surface area contributed by atoms with Crippen LogP contribution in [0.1, 0.15) is 29.2 Å². The summed E-state index contributed by atoms with van der Waals surface area (Å²) in [6.45, 7) is 4.04. The molecule has 0 radical (unpaired) electrons. The summed E-state index contributed by atoms with van der Waals surface area (Å²) in [7, 11) is 0. The first-order valence-electron chi connectivity index (χ1n) is 7.33. The van der Waals surface area contributed by atoms with Gasteiger partial charge in [0.1, 0.15) is 11.8 Å². The summed E-state index contributed by atoms with van der Waals surface area (Å²) < 4.78 is 28.9. The zero-order chi connectivity index (χ0) is 17.3. The van der Waals surface area contributed by atoms with Gasteiger partial charge in [0.05, 0.1) is 19.2 Å². The van der Waals surface area contributed by atoms with E-state index in [9.17, 15) is 13.6 Å². The summed E-state index contributed by atoms with van der Waals surface area (Å²) in [4.78, 5) is 17.7. The van der Waals surface area contributed by atoms with Crippen LogP contribution in [-0.2, 0) is 11.5 Å². The highest BCUT2D eigenvalue weighted by atomic mass is 19.2. The molecule has 3 rings (SSSR count). The van der Waals surface area contributed by atoms with E-state index in [1.807, 2.05) is 6.07 Å². The summed E-state index contributed by atoms with van der Waals surface area (Å²) in [5.74, 6) is -2.23. The van der Waals surface area contributed by atoms with Gasteiger partial charge in [0.25, 0.3) is 0 Å². The molecule has 0 bridgehead atoms. The molecule has 24 heavy (non-hydrogen) atoms. The maximum Gasteiger partial charge on any atom is 0.224 e. The molecular formula is C17H14F2N4O. The second kappa shape index (κ2) is 6.24. The Morgan fingerprint density at radius 3 is 2.96 bits per heavy atom. The fraction of sp³-hybridized carbons (Fsp3) is 0.235. The molecule has 1 atom stereocenters. The molecule has 1 amide bonds. The normalized spacial score (nSPS) is 17.1. The lowest BCUT2D eigenvalue weighted by atomic mass is 9.96. The minimum atomic E-state index is -0.949. The van der Waals surface area contributed by atoms with Crippen molar-refractivity contribution in [2.75, 3.05) is 6.54 Å². The highest BCUT2D eigenvalue weighted by Crippen LogP contribution is 2.31. The lowest BCUT2D eigenvalue weighted by Gasteiger charge is -2.18. The summed E-state index contributed by atoms with van der Waals surface area (Å²) >= 11 is 0. The van der Waals surface area contributed by atoms with Gasteiger partial charge in [-0.2, -0.15) is 5.26 Å². The molecular weight excluding hydrogens is 314 g/mol. The smallest absolute Gasteiger partial charge is 0.224 e. The number of amides is 1. The van der Waals surface area contributed by atoms with Crippen molar-refractivity contribution in [2.45, 2.75) is 19.0 Å². The third-order valence-corrected chi connectivity index (χ3v) is 4.13. The van der Waals surface area contributed by atoms with Crippen molar-refractivity contribution >= 4 is 12.0 Å². The van der Waals surface area contributed by atoms with E-state index in [1.54, 1.807) is 9.47 Å². The zero-order valence-electron chi connectivity index (χ0n) is 12.7. The van der Waals surface area contributed by atoms with Crippen LogP contribution in [0.5, 0.6) is 0 Å². The Morgan fingerprint density at radius 2 is 2.25 bits per heavy atom. The van der Waals surface area contributed by atoms with Crippen LogP contribution >= 0.6 is 0 Å². The molecule has 0 saturated carbocycles. The molecule has 1 aliphatic rings. The number of hydrogen-bond acceptors (Lipinski definition) is 3. The number of imidazole rings is 1. The van der Waals surface area contributed by atoms with Crippen molar-refractivity contribution in [2.24, 2.45) is 0 Å². The molecule has 1 aliphatic heterocycles. The molecule has 1 fully saturated rings. The molecule has 0 spiro atoms. The number of likely N-dealkylation sites (tertiary alicyclic amines) is 1. The molecule has 1 aromatic carbocycles. The Labute approximate surface area is 137 Å². The molecule has 1 saturated heterocycles. The first-order valence-corrected chi connectivity index (χ1v) is 7.33. The van der Waals surface area contributed by atoms with Crippen LogP contribution in [0.15, 0.2) is 31.2 Å². The van der Waals surface area contributed by atoms with Crippen LogP contribution in [0, 0.1) is 23.0 Å². The van der Waals surface area contributed by atoms with Gasteiger partial charge in [0.15, 0.2) is 11.6 Å². The van der Waals surface area contributed by atoms with Gasteiger partial charge in [-0.15, -0.1) is 0 Å². The van der Waals surface area contributed by atoms with Crippen LogP contribution in [0.4, 0.5) is 8.78 Å². The lowest BCUT2D eigenvalue weighted by molar-refractivity contribution is -0.129. The van der Waals surface area contributed by atoms with Gasteiger partial charge in [0, 0.05) is 24.4 Å². The summed E-state index contributed by atoms with van der Waals surface area (Å²) in [6.07, 6.45) is 4.36. The van der Waals surface area contributed by atoms with Gasteiger partial charge in [-0.1, -0.05) is 12.7 Å². The zero-order valence-corrected chi connectivity index (χ0v) is 12.7. The molecule has 5 nitrogen and oxygen atoms in total. The Balaban J connectivity index is 1.81. The first-order chi connectivity index (χ1) is 11.5. The molecule has 0 aliphatic carbocycles. The number of rotatable bonds is 4. The molecule has 0 N–H and O–H groups in total. The fourth-order valence-electron chi connectivity index (χ4n) is 2.86. The molecule has 1 aromatic heterocycles. The van der Waals surface area contributed by atoms with Crippen LogP contribution in [-0.4, -0.2) is 26.9 Å². The maximum atomic E-state index is 13.7. The third-order valence-electron chi connectivity index (χ3n) is 4.13. The predicted molar refractivity (Wildman–Crippen MR) is 82.5 cm³/mol. The molecule has 2 heterocycles. The van der Waals surface area contributed by atoms with Crippen LogP contribution < -0.4 is 0 Å². The van der Waals surface area contributed by atoms with E-state index >= 15 is 0 Å². The minimum absolute atomic E-state index is 0.0808. The summed E-state index contributed by atoms with van der Waals surface area (Å²) in [5, 5.41) is 8.99. The Bertz CT molecular complexity index is 853. The van der Waals surface area contributed by atoms with Gasteiger partial charge in [-0.05, 0) is 17.7 Å². The predicted octanol–water partition coefficient (Wildman–Crippen LogP) is 2.65. The van der Waals surface area contributed by atoms with Crippen molar-refractivity contribution in [3.05, 3.63) is 59.7 Å². The summed E-state index contributed by atoms with van der Waals surface area (Å²) in [6, 6.07) is 4.64. The number of aromatic nitrogens is 2. The average Bonchev–Trinajstić information content (AvgIpc) is 3.17. The van der Waals surface area contributed by atoms with Crippen molar-refractivity contribution in [3.8, 4) is 6.07 Å². The van der Waals surface area contributed by atoms with Crippen molar-refractivity contribution in [3.63, 3.8) is 0 Å². The second-order valence-electron chi connectivity index (χ2n) is 5.63. The minimum Gasteiger partial charge on any atom is -0.324 e. The van der Waals surface area contributed by atoms with E-state index in [4.69, 9.17) is 5.26 Å². The molecule has 7 heteroatoms. The van der Waals surface area contributed by atoms with E-state index in [0.29, 0.717) is 17.8 Å². The van der Waals surface area contributed by atoms with E-state index in [1.165, 1.54) is 24.7 Å². The Hall–Kier alpha value is -3.01. The largest absolute Gasteiger partial charge is 0.324 e. The van der Waals surface area contributed by atoms with E-state index in [2.05, 4.69) is 11.6 Å². The molecule has 2 aromatic rings. The quantitative estimate of drug-likeness (QED) is 0.867. The topological polar surface area (TPSA) is 61.9 Å². The SMILES string of the molecule is C=Cc1cc(C2CC(=O)N(Cn3cncc3C#N)C2)cc(F)c1F. The number of hydrogen-bond donors (Lipinski definition) is 0. The van der Waals surface area contributed by atoms with Crippen molar-refractivity contribution < 1.29 is 13.6 Å². The van der Waals surface area contributed by atoms with Crippen LogP contribution in [0.3, 0.4) is 0 Å². The van der Waals surface area contributed by atoms with E-state index in [0.717, 1.165) is 6.07 Å². The molecule has 122 valence electrons. The number of halogens is 2. The Kier molecular flexibility index (Phi) is 4.13. The number of nitrogens with zero attached hydrogens (tertiary/aromatic N) is 4. The second-order valence-corrected chi connectivity index (χ2v) is 5.63.